The first kappa shape index (κ1) is 27.1. The van der Waals surface area contributed by atoms with Gasteiger partial charge in [0.1, 0.15) is 5.82 Å². The Balaban J connectivity index is 0.00000353. The standard InChI is InChI=1S/C30H40FN5OS.H2/c1-34-12-14-35(15-13-34)11-10-32-30(37)27-21-29(33-28-9-8-25(31)20-26(27)28)24-6-4-23(5-7-24)22-36-16-18-38(2,3)19-17-36;/h4-9,20-21H,10-19,22H2,1-3H3,(H,32,37);1H. The van der Waals surface area contributed by atoms with Crippen LogP contribution in [-0.2, 0) is 6.54 Å². The highest BCUT2D eigenvalue weighted by Crippen LogP contribution is 2.41. The zero-order valence-electron chi connectivity index (χ0n) is 22.9. The average Bonchev–Trinajstić information content (AvgIpc) is 2.91. The summed E-state index contributed by atoms with van der Waals surface area (Å²) in [6.45, 7) is 8.76. The highest BCUT2D eigenvalue weighted by molar-refractivity contribution is 8.32. The van der Waals surface area contributed by atoms with Gasteiger partial charge in [-0.3, -0.25) is 14.6 Å². The fraction of sp³-hybridized carbons (Fsp3) is 0.467. The van der Waals surface area contributed by atoms with E-state index in [1.165, 1.54) is 42.3 Å². The molecule has 2 aliphatic rings. The lowest BCUT2D eigenvalue weighted by Gasteiger charge is -2.41. The number of amides is 1. The SMILES string of the molecule is CN1CCN(CCNC(=O)c2cc(-c3ccc(CN4CCS(C)(C)CC4)cc3)nc3ccc(F)cc23)CC1.[HH]. The zero-order chi connectivity index (χ0) is 26.7. The van der Waals surface area contributed by atoms with Crippen molar-refractivity contribution in [3.05, 3.63) is 65.5 Å². The molecule has 6 nitrogen and oxygen atoms in total. The first-order valence-corrected chi connectivity index (χ1v) is 16.3. The molecule has 38 heavy (non-hydrogen) atoms. The van der Waals surface area contributed by atoms with Crippen LogP contribution in [0.25, 0.3) is 22.2 Å². The number of rotatable bonds is 7. The summed E-state index contributed by atoms with van der Waals surface area (Å²) >= 11 is 0. The molecule has 5 rings (SSSR count). The zero-order valence-corrected chi connectivity index (χ0v) is 23.7. The van der Waals surface area contributed by atoms with Crippen molar-refractivity contribution in [2.24, 2.45) is 0 Å². The molecule has 0 unspecified atom stereocenters. The maximum atomic E-state index is 14.1. The minimum absolute atomic E-state index is 0. The molecular weight excluding hydrogens is 497 g/mol. The first-order chi connectivity index (χ1) is 18.3. The van der Waals surface area contributed by atoms with Crippen molar-refractivity contribution >= 4 is 26.8 Å². The van der Waals surface area contributed by atoms with E-state index >= 15 is 0 Å². The molecule has 206 valence electrons. The van der Waals surface area contributed by atoms with Gasteiger partial charge >= 0.3 is 0 Å². The van der Waals surface area contributed by atoms with Gasteiger partial charge in [-0.2, -0.15) is 0 Å². The van der Waals surface area contributed by atoms with Gasteiger partial charge in [0.2, 0.25) is 0 Å². The molecule has 0 atom stereocenters. The van der Waals surface area contributed by atoms with Gasteiger partial charge in [0, 0.05) is 71.3 Å². The van der Waals surface area contributed by atoms with Crippen molar-refractivity contribution in [2.45, 2.75) is 6.54 Å². The highest BCUT2D eigenvalue weighted by atomic mass is 32.3. The Bertz CT molecular complexity index is 1270. The van der Waals surface area contributed by atoms with Crippen LogP contribution in [0.15, 0.2) is 48.5 Å². The molecule has 1 N–H and O–H groups in total. The lowest BCUT2D eigenvalue weighted by molar-refractivity contribution is 0.0942. The summed E-state index contributed by atoms with van der Waals surface area (Å²) in [4.78, 5) is 25.3. The molecule has 1 aromatic heterocycles. The van der Waals surface area contributed by atoms with E-state index in [1.807, 2.05) is 0 Å². The summed E-state index contributed by atoms with van der Waals surface area (Å²) < 4.78 is 14.1. The minimum Gasteiger partial charge on any atom is -0.351 e. The van der Waals surface area contributed by atoms with E-state index in [4.69, 9.17) is 4.98 Å². The Labute approximate surface area is 229 Å². The van der Waals surface area contributed by atoms with Crippen molar-refractivity contribution in [2.75, 3.05) is 83.4 Å². The molecule has 2 aromatic carbocycles. The van der Waals surface area contributed by atoms with Gasteiger partial charge in [0.05, 0.1) is 16.8 Å². The van der Waals surface area contributed by atoms with Crippen LogP contribution in [0.3, 0.4) is 0 Å². The molecule has 2 fully saturated rings. The molecule has 2 saturated heterocycles. The third-order valence-corrected chi connectivity index (χ3v) is 10.5. The molecule has 0 aliphatic carbocycles. The summed E-state index contributed by atoms with van der Waals surface area (Å²) in [7, 11) is 1.73. The second kappa shape index (κ2) is 11.7. The lowest BCUT2D eigenvalue weighted by atomic mass is 10.0. The van der Waals surface area contributed by atoms with E-state index in [1.54, 1.807) is 12.1 Å². The highest BCUT2D eigenvalue weighted by Gasteiger charge is 2.21. The topological polar surface area (TPSA) is 51.7 Å². The Morgan fingerprint density at radius 3 is 2.39 bits per heavy atom. The smallest absolute Gasteiger partial charge is 0.252 e. The summed E-state index contributed by atoms with van der Waals surface area (Å²) in [6, 6.07) is 14.8. The largest absolute Gasteiger partial charge is 0.351 e. The average molecular weight is 540 g/mol. The second-order valence-electron chi connectivity index (χ2n) is 11.3. The van der Waals surface area contributed by atoms with Gasteiger partial charge in [-0.15, -0.1) is 0 Å². The molecule has 0 spiro atoms. The second-order valence-corrected chi connectivity index (χ2v) is 15.6. The number of nitrogens with one attached hydrogen (secondary N) is 1. The van der Waals surface area contributed by atoms with Crippen molar-refractivity contribution in [3.8, 4) is 11.3 Å². The number of likely N-dealkylation sites (N-methyl/N-ethyl adjacent to an activating group) is 1. The molecule has 3 heterocycles. The number of carbonyl (C=O) groups is 1. The van der Waals surface area contributed by atoms with Gasteiger partial charge in [-0.25, -0.2) is 19.4 Å². The number of carbonyl (C=O) groups excluding carboxylic acids is 1. The van der Waals surface area contributed by atoms with Crippen molar-refractivity contribution in [1.82, 2.24) is 25.0 Å². The van der Waals surface area contributed by atoms with E-state index in [0.717, 1.165) is 50.5 Å². The maximum Gasteiger partial charge on any atom is 0.252 e. The summed E-state index contributed by atoms with van der Waals surface area (Å²) in [5, 5.41) is 3.60. The van der Waals surface area contributed by atoms with Crippen molar-refractivity contribution in [1.29, 1.82) is 0 Å². The van der Waals surface area contributed by atoms with Crippen LogP contribution in [0.4, 0.5) is 4.39 Å². The van der Waals surface area contributed by atoms with E-state index < -0.39 is 10.0 Å². The quantitative estimate of drug-likeness (QED) is 0.489. The van der Waals surface area contributed by atoms with Gasteiger partial charge in [0.15, 0.2) is 0 Å². The van der Waals surface area contributed by atoms with Gasteiger partial charge in [-0.05, 0) is 60.9 Å². The summed E-state index contributed by atoms with van der Waals surface area (Å²) in [6.07, 6.45) is 4.87. The number of piperazine rings is 1. The number of pyridine rings is 1. The molecule has 2 aliphatic heterocycles. The Hall–Kier alpha value is -2.52. The lowest BCUT2D eigenvalue weighted by Crippen LogP contribution is -2.46. The van der Waals surface area contributed by atoms with Crippen molar-refractivity contribution in [3.63, 3.8) is 0 Å². The molecule has 3 aromatic rings. The van der Waals surface area contributed by atoms with Gasteiger partial charge in [-0.1, -0.05) is 24.3 Å². The number of benzene rings is 2. The minimum atomic E-state index is -0.407. The van der Waals surface area contributed by atoms with Crippen LogP contribution in [0.2, 0.25) is 0 Å². The Morgan fingerprint density at radius 2 is 1.68 bits per heavy atom. The van der Waals surface area contributed by atoms with E-state index in [2.05, 4.69) is 63.8 Å². The fourth-order valence-electron chi connectivity index (χ4n) is 5.19. The van der Waals surface area contributed by atoms with Crippen LogP contribution < -0.4 is 5.32 Å². The third kappa shape index (κ3) is 6.72. The van der Waals surface area contributed by atoms with Crippen molar-refractivity contribution < 1.29 is 10.6 Å². The molecule has 1 amide bonds. The van der Waals surface area contributed by atoms with E-state index in [-0.39, 0.29) is 13.2 Å². The third-order valence-electron chi connectivity index (χ3n) is 7.90. The van der Waals surface area contributed by atoms with E-state index in [9.17, 15) is 9.18 Å². The Kier molecular flexibility index (Phi) is 8.33. The monoisotopic (exact) mass is 539 g/mol. The van der Waals surface area contributed by atoms with Crippen LogP contribution >= 0.6 is 10.0 Å². The molecule has 0 saturated carbocycles. The molecule has 0 radical (unpaired) electrons. The predicted octanol–water partition coefficient (Wildman–Crippen LogP) is 4.14. The van der Waals surface area contributed by atoms with Gasteiger partial charge < -0.3 is 10.2 Å². The number of halogens is 1. The van der Waals surface area contributed by atoms with Crippen LogP contribution in [0, 0.1) is 5.82 Å². The van der Waals surface area contributed by atoms with Crippen LogP contribution in [0.5, 0.6) is 0 Å². The van der Waals surface area contributed by atoms with Crippen LogP contribution in [0.1, 0.15) is 17.3 Å². The number of nitrogens with zero attached hydrogens (tertiary/aromatic N) is 4. The molecule has 8 heteroatoms. The predicted molar refractivity (Wildman–Crippen MR) is 160 cm³/mol. The van der Waals surface area contributed by atoms with Gasteiger partial charge in [0.25, 0.3) is 5.91 Å². The molecule has 0 bridgehead atoms. The maximum absolute atomic E-state index is 14.1. The Morgan fingerprint density at radius 1 is 0.974 bits per heavy atom. The van der Waals surface area contributed by atoms with Crippen LogP contribution in [-0.4, -0.2) is 109 Å². The van der Waals surface area contributed by atoms with E-state index in [0.29, 0.717) is 23.0 Å². The summed E-state index contributed by atoms with van der Waals surface area (Å²) in [5.74, 6) is 2.07. The molecular formula is C30H42FN5OS. The number of aromatic nitrogens is 1. The first-order valence-electron chi connectivity index (χ1n) is 13.6. The normalized spacial score (nSPS) is 19.9. The summed E-state index contributed by atoms with van der Waals surface area (Å²) in [5.41, 5.74) is 4.05. The fourth-order valence-corrected chi connectivity index (χ4v) is 6.90. The number of fused-ring (bicyclic) bond motifs is 1. The number of hydrogen-bond donors (Lipinski definition) is 1. The number of hydrogen-bond acceptors (Lipinski definition) is 5.